The average molecular weight is 275 g/mol. The van der Waals surface area contributed by atoms with Crippen molar-refractivity contribution >= 4 is 31.8 Å². The maximum atomic E-state index is 5.17. The Morgan fingerprint density at radius 2 is 2.11 bits per heavy atom. The molecule has 0 aliphatic rings. The van der Waals surface area contributed by atoms with E-state index in [0.29, 0.717) is 6.61 Å². The maximum Gasteiger partial charge on any atom is 0.126 e. The summed E-state index contributed by atoms with van der Waals surface area (Å²) >= 11 is 1.74. The third-order valence-corrected chi connectivity index (χ3v) is 4.51. The zero-order valence-corrected chi connectivity index (χ0v) is 12.5. The molecule has 3 aromatic rings. The van der Waals surface area contributed by atoms with Gasteiger partial charge >= 0.3 is 0 Å². The normalized spacial score (nSPS) is 11.8. The first kappa shape index (κ1) is 12.6. The van der Waals surface area contributed by atoms with Crippen LogP contribution in [-0.4, -0.2) is 28.5 Å². The van der Waals surface area contributed by atoms with Gasteiger partial charge in [0.25, 0.3) is 0 Å². The lowest BCUT2D eigenvalue weighted by Gasteiger charge is -2.04. The van der Waals surface area contributed by atoms with E-state index in [2.05, 4.69) is 34.7 Å². The molecule has 0 spiro atoms. The Kier molecular flexibility index (Phi) is 3.03. The van der Waals surface area contributed by atoms with Crippen LogP contribution in [0.2, 0.25) is 0 Å². The van der Waals surface area contributed by atoms with Crippen molar-refractivity contribution in [1.29, 1.82) is 0 Å². The molecule has 3 aromatic heterocycles. The summed E-state index contributed by atoms with van der Waals surface area (Å²) in [6, 6.07) is 2.14. The van der Waals surface area contributed by atoms with Gasteiger partial charge in [-0.25, -0.2) is 4.98 Å². The van der Waals surface area contributed by atoms with Crippen molar-refractivity contribution < 1.29 is 4.74 Å². The Bertz CT molecular complexity index is 757. The standard InChI is InChI=1S/C14H17N3OS/c1-8-7-9(2)15-14-11(8)12-13(19-14)10(3)16-17(12)5-6-18-4/h7H,5-6H2,1-4H3. The van der Waals surface area contributed by atoms with Crippen LogP contribution in [0.3, 0.4) is 0 Å². The molecule has 0 aliphatic heterocycles. The largest absolute Gasteiger partial charge is 0.383 e. The van der Waals surface area contributed by atoms with Crippen LogP contribution in [0.15, 0.2) is 6.07 Å². The van der Waals surface area contributed by atoms with E-state index >= 15 is 0 Å². The summed E-state index contributed by atoms with van der Waals surface area (Å²) in [6.45, 7) is 7.70. The Morgan fingerprint density at radius 1 is 1.32 bits per heavy atom. The smallest absolute Gasteiger partial charge is 0.126 e. The van der Waals surface area contributed by atoms with Gasteiger partial charge in [-0.05, 0) is 32.4 Å². The van der Waals surface area contributed by atoms with Gasteiger partial charge in [-0.1, -0.05) is 0 Å². The summed E-state index contributed by atoms with van der Waals surface area (Å²) in [4.78, 5) is 5.76. The number of nitrogens with zero attached hydrogens (tertiary/aromatic N) is 3. The minimum Gasteiger partial charge on any atom is -0.383 e. The van der Waals surface area contributed by atoms with Gasteiger partial charge in [0.2, 0.25) is 0 Å². The van der Waals surface area contributed by atoms with Crippen LogP contribution in [0, 0.1) is 20.8 Å². The van der Waals surface area contributed by atoms with E-state index in [4.69, 9.17) is 4.74 Å². The van der Waals surface area contributed by atoms with Crippen molar-refractivity contribution in [2.24, 2.45) is 0 Å². The molecule has 0 saturated carbocycles. The molecule has 3 heterocycles. The Hall–Kier alpha value is -1.46. The monoisotopic (exact) mass is 275 g/mol. The fraction of sp³-hybridized carbons (Fsp3) is 0.429. The number of methoxy groups -OCH3 is 1. The molecule has 4 nitrogen and oxygen atoms in total. The summed E-state index contributed by atoms with van der Waals surface area (Å²) in [5.74, 6) is 0. The van der Waals surface area contributed by atoms with Crippen LogP contribution in [0.5, 0.6) is 0 Å². The topological polar surface area (TPSA) is 39.9 Å². The first-order valence-corrected chi connectivity index (χ1v) is 7.16. The van der Waals surface area contributed by atoms with Gasteiger partial charge in [0, 0.05) is 18.2 Å². The number of thiophene rings is 1. The van der Waals surface area contributed by atoms with E-state index in [-0.39, 0.29) is 0 Å². The number of hydrogen-bond acceptors (Lipinski definition) is 4. The first-order valence-electron chi connectivity index (χ1n) is 6.34. The van der Waals surface area contributed by atoms with Crippen LogP contribution < -0.4 is 0 Å². The number of fused-ring (bicyclic) bond motifs is 3. The molecule has 0 N–H and O–H groups in total. The molecule has 19 heavy (non-hydrogen) atoms. The SMILES string of the molecule is COCCn1nc(C)c2sc3nc(C)cc(C)c3c21. The summed E-state index contributed by atoms with van der Waals surface area (Å²) in [7, 11) is 1.72. The molecular weight excluding hydrogens is 258 g/mol. The molecule has 0 amide bonds. The van der Waals surface area contributed by atoms with Gasteiger partial charge in [-0.15, -0.1) is 11.3 Å². The molecule has 0 radical (unpaired) electrons. The molecule has 0 fully saturated rings. The lowest BCUT2D eigenvalue weighted by atomic mass is 10.1. The number of hydrogen-bond donors (Lipinski definition) is 0. The van der Waals surface area contributed by atoms with Crippen molar-refractivity contribution in [3.8, 4) is 0 Å². The zero-order chi connectivity index (χ0) is 13.6. The van der Waals surface area contributed by atoms with E-state index in [1.54, 1.807) is 18.4 Å². The summed E-state index contributed by atoms with van der Waals surface area (Å²) in [6.07, 6.45) is 0. The van der Waals surface area contributed by atoms with Gasteiger partial charge in [-0.2, -0.15) is 5.10 Å². The highest BCUT2D eigenvalue weighted by molar-refractivity contribution is 7.25. The van der Waals surface area contributed by atoms with Crippen LogP contribution in [0.1, 0.15) is 17.0 Å². The number of ether oxygens (including phenoxy) is 1. The Balaban J connectivity index is 2.34. The highest BCUT2D eigenvalue weighted by atomic mass is 32.1. The molecule has 0 saturated heterocycles. The Morgan fingerprint density at radius 3 is 2.84 bits per heavy atom. The summed E-state index contributed by atoms with van der Waals surface area (Å²) < 4.78 is 8.46. The molecular formula is C14H17N3OS. The number of aryl methyl sites for hydroxylation is 3. The second-order valence-electron chi connectivity index (χ2n) is 4.84. The van der Waals surface area contributed by atoms with Crippen molar-refractivity contribution in [2.45, 2.75) is 27.3 Å². The van der Waals surface area contributed by atoms with Crippen LogP contribution in [0.25, 0.3) is 20.4 Å². The lowest BCUT2D eigenvalue weighted by molar-refractivity contribution is 0.185. The highest BCUT2D eigenvalue weighted by Crippen LogP contribution is 2.36. The Labute approximate surface area is 116 Å². The summed E-state index contributed by atoms with van der Waals surface area (Å²) in [5, 5.41) is 5.86. The van der Waals surface area contributed by atoms with Gasteiger partial charge in [0.05, 0.1) is 29.1 Å². The molecule has 0 aromatic carbocycles. The van der Waals surface area contributed by atoms with Gasteiger partial charge in [0.1, 0.15) is 4.83 Å². The summed E-state index contributed by atoms with van der Waals surface area (Å²) in [5.41, 5.74) is 4.63. The third kappa shape index (κ3) is 1.93. The number of pyridine rings is 1. The van der Waals surface area contributed by atoms with Crippen molar-refractivity contribution in [1.82, 2.24) is 14.8 Å². The predicted octanol–water partition coefficient (Wildman–Crippen LogP) is 3.22. The first-order chi connectivity index (χ1) is 9.11. The van der Waals surface area contributed by atoms with Crippen LogP contribution in [0.4, 0.5) is 0 Å². The van der Waals surface area contributed by atoms with E-state index in [1.807, 2.05) is 6.92 Å². The molecule has 5 heteroatoms. The van der Waals surface area contributed by atoms with E-state index in [1.165, 1.54) is 21.2 Å². The van der Waals surface area contributed by atoms with Crippen molar-refractivity contribution in [3.05, 3.63) is 23.0 Å². The maximum absolute atomic E-state index is 5.17. The predicted molar refractivity (Wildman–Crippen MR) is 79.0 cm³/mol. The molecule has 0 bridgehead atoms. The van der Waals surface area contributed by atoms with Gasteiger partial charge in [-0.3, -0.25) is 4.68 Å². The lowest BCUT2D eigenvalue weighted by Crippen LogP contribution is -2.06. The molecule has 0 unspecified atom stereocenters. The molecule has 0 atom stereocenters. The van der Waals surface area contributed by atoms with Gasteiger partial charge < -0.3 is 4.74 Å². The third-order valence-electron chi connectivity index (χ3n) is 3.33. The number of aromatic nitrogens is 3. The molecule has 0 aliphatic carbocycles. The highest BCUT2D eigenvalue weighted by Gasteiger charge is 2.17. The van der Waals surface area contributed by atoms with Gasteiger partial charge in [0.15, 0.2) is 0 Å². The fourth-order valence-corrected chi connectivity index (χ4v) is 3.77. The van der Waals surface area contributed by atoms with E-state index < -0.39 is 0 Å². The second kappa shape index (κ2) is 4.58. The quantitative estimate of drug-likeness (QED) is 0.737. The van der Waals surface area contributed by atoms with Crippen molar-refractivity contribution in [3.63, 3.8) is 0 Å². The fourth-order valence-electron chi connectivity index (χ4n) is 2.53. The van der Waals surface area contributed by atoms with Crippen LogP contribution >= 0.6 is 11.3 Å². The zero-order valence-electron chi connectivity index (χ0n) is 11.6. The minimum atomic E-state index is 0.673. The second-order valence-corrected chi connectivity index (χ2v) is 5.84. The van der Waals surface area contributed by atoms with Crippen molar-refractivity contribution in [2.75, 3.05) is 13.7 Å². The van der Waals surface area contributed by atoms with E-state index in [0.717, 1.165) is 22.8 Å². The van der Waals surface area contributed by atoms with Crippen LogP contribution in [-0.2, 0) is 11.3 Å². The minimum absolute atomic E-state index is 0.673. The number of rotatable bonds is 3. The average Bonchev–Trinajstić information content (AvgIpc) is 2.85. The molecule has 3 rings (SSSR count). The molecule has 100 valence electrons. The van der Waals surface area contributed by atoms with E-state index in [9.17, 15) is 0 Å².